The maximum atomic E-state index is 12.7. The van der Waals surface area contributed by atoms with E-state index in [1.54, 1.807) is 25.7 Å². The van der Waals surface area contributed by atoms with E-state index in [-0.39, 0.29) is 22.0 Å². The number of hydrogen-bond acceptors (Lipinski definition) is 5. The van der Waals surface area contributed by atoms with Gasteiger partial charge < -0.3 is 9.64 Å². The quantitative estimate of drug-likeness (QED) is 0.788. The van der Waals surface area contributed by atoms with Crippen LogP contribution in [0.4, 0.5) is 18.0 Å². The van der Waals surface area contributed by atoms with Crippen molar-refractivity contribution in [3.8, 4) is 0 Å². The number of likely N-dealkylation sites (tertiary alicyclic amines) is 1. The summed E-state index contributed by atoms with van der Waals surface area (Å²) in [6.45, 7) is 7.59. The van der Waals surface area contributed by atoms with Gasteiger partial charge in [0.05, 0.1) is 5.69 Å². The summed E-state index contributed by atoms with van der Waals surface area (Å²) in [5, 5.41) is 0. The molecule has 1 aromatic heterocycles. The van der Waals surface area contributed by atoms with Gasteiger partial charge in [-0.15, -0.1) is 0 Å². The van der Waals surface area contributed by atoms with Crippen LogP contribution in [-0.4, -0.2) is 49.1 Å². The Morgan fingerprint density at radius 2 is 1.83 bits per heavy atom. The lowest BCUT2D eigenvalue weighted by Gasteiger charge is -2.58. The molecule has 2 aliphatic rings. The summed E-state index contributed by atoms with van der Waals surface area (Å²) in [5.41, 5.74) is -2.04. The van der Waals surface area contributed by atoms with E-state index in [4.69, 9.17) is 4.74 Å². The highest BCUT2D eigenvalue weighted by atomic mass is 32.2. The zero-order valence-corrected chi connectivity index (χ0v) is 17.4. The number of alkyl halides is 3. The monoisotopic (exact) mass is 435 g/mol. The van der Waals surface area contributed by atoms with Crippen molar-refractivity contribution >= 4 is 16.1 Å². The van der Waals surface area contributed by atoms with E-state index in [0.29, 0.717) is 32.0 Å². The Morgan fingerprint density at radius 3 is 2.31 bits per heavy atom. The Labute approximate surface area is 167 Å². The Morgan fingerprint density at radius 1 is 1.24 bits per heavy atom. The normalized spacial score (nSPS) is 19.6. The number of ether oxygens (including phenoxy) is 1. The van der Waals surface area contributed by atoms with Crippen LogP contribution in [0.25, 0.3) is 0 Å². The van der Waals surface area contributed by atoms with Crippen LogP contribution in [0.2, 0.25) is 0 Å². The third-order valence-corrected chi connectivity index (χ3v) is 6.66. The molecule has 1 saturated carbocycles. The first-order chi connectivity index (χ1) is 13.1. The average Bonchev–Trinajstić information content (AvgIpc) is 2.44. The molecule has 1 N–H and O–H groups in total. The molecule has 0 atom stereocenters. The molecule has 3 rings (SSSR count). The second-order valence-electron chi connectivity index (χ2n) is 8.84. The number of pyridine rings is 1. The van der Waals surface area contributed by atoms with Gasteiger partial charge in [0.25, 0.3) is 0 Å². The average molecular weight is 435 g/mol. The second kappa shape index (κ2) is 6.83. The lowest BCUT2D eigenvalue weighted by molar-refractivity contribution is -0.141. The molecule has 1 aromatic rings. The molecule has 0 radical (unpaired) electrons. The number of nitrogens with one attached hydrogen (secondary N) is 1. The van der Waals surface area contributed by atoms with Gasteiger partial charge in [-0.05, 0) is 52.7 Å². The van der Waals surface area contributed by atoms with Gasteiger partial charge in [0.1, 0.15) is 16.2 Å². The highest BCUT2D eigenvalue weighted by Gasteiger charge is 2.55. The molecule has 2 heterocycles. The van der Waals surface area contributed by atoms with E-state index < -0.39 is 33.6 Å². The third-order valence-electron chi connectivity index (χ3n) is 5.00. The summed E-state index contributed by atoms with van der Waals surface area (Å²) in [4.78, 5) is 16.7. The smallest absolute Gasteiger partial charge is 0.433 e. The number of rotatable bonds is 3. The molecule has 0 bridgehead atoms. The fourth-order valence-electron chi connectivity index (χ4n) is 3.82. The van der Waals surface area contributed by atoms with Crippen molar-refractivity contribution in [2.75, 3.05) is 13.1 Å². The van der Waals surface area contributed by atoms with E-state index >= 15 is 0 Å². The maximum Gasteiger partial charge on any atom is 0.433 e. The minimum absolute atomic E-state index is 0.127. The molecule has 7 nitrogen and oxygen atoms in total. The first-order valence-corrected chi connectivity index (χ1v) is 10.6. The summed E-state index contributed by atoms with van der Waals surface area (Å²) < 4.78 is 71.1. The number of hydrogen-bond donors (Lipinski definition) is 1. The van der Waals surface area contributed by atoms with E-state index in [9.17, 15) is 26.4 Å². The first kappa shape index (κ1) is 21.8. The van der Waals surface area contributed by atoms with Gasteiger partial charge in [-0.25, -0.2) is 22.9 Å². The summed E-state index contributed by atoms with van der Waals surface area (Å²) in [6.07, 6.45) is -3.92. The van der Waals surface area contributed by atoms with E-state index in [1.807, 2.05) is 0 Å². The molecule has 0 aromatic carbocycles. The van der Waals surface area contributed by atoms with Crippen molar-refractivity contribution in [2.24, 2.45) is 5.41 Å². The molecule has 1 aliphatic heterocycles. The van der Waals surface area contributed by atoms with Gasteiger partial charge in [0.15, 0.2) is 0 Å². The van der Waals surface area contributed by atoms with E-state index in [0.717, 1.165) is 6.07 Å². The highest BCUT2D eigenvalue weighted by Crippen LogP contribution is 2.49. The fraction of sp³-hybridized carbons (Fsp3) is 0.667. The van der Waals surface area contributed by atoms with Gasteiger partial charge in [-0.1, -0.05) is 0 Å². The predicted molar refractivity (Wildman–Crippen MR) is 97.6 cm³/mol. The molecule has 1 aliphatic carbocycles. The van der Waals surface area contributed by atoms with Crippen molar-refractivity contribution in [3.63, 3.8) is 0 Å². The van der Waals surface area contributed by atoms with Crippen LogP contribution in [0.3, 0.4) is 0 Å². The number of aryl methyl sites for hydroxylation is 1. The Hall–Kier alpha value is -1.88. The van der Waals surface area contributed by atoms with Gasteiger partial charge in [0.2, 0.25) is 10.0 Å². The molecule has 1 saturated heterocycles. The molecule has 0 unspecified atom stereocenters. The van der Waals surface area contributed by atoms with Crippen molar-refractivity contribution in [3.05, 3.63) is 23.5 Å². The number of aromatic nitrogens is 1. The Balaban J connectivity index is 1.56. The number of carbonyl (C=O) groups excluding carboxylic acids is 1. The van der Waals surface area contributed by atoms with Crippen LogP contribution >= 0.6 is 0 Å². The van der Waals surface area contributed by atoms with Crippen LogP contribution in [0, 0.1) is 12.3 Å². The van der Waals surface area contributed by atoms with E-state index in [2.05, 4.69) is 9.71 Å². The largest absolute Gasteiger partial charge is 0.444 e. The number of nitrogens with zero attached hydrogens (tertiary/aromatic N) is 2. The van der Waals surface area contributed by atoms with Crippen molar-refractivity contribution < 1.29 is 31.1 Å². The van der Waals surface area contributed by atoms with Gasteiger partial charge in [0, 0.05) is 24.5 Å². The summed E-state index contributed by atoms with van der Waals surface area (Å²) in [6, 6.07) is 1.26. The van der Waals surface area contributed by atoms with E-state index in [1.165, 1.54) is 6.92 Å². The van der Waals surface area contributed by atoms with Crippen molar-refractivity contribution in [1.82, 2.24) is 14.6 Å². The molecule has 11 heteroatoms. The van der Waals surface area contributed by atoms with Gasteiger partial charge in [-0.3, -0.25) is 0 Å². The summed E-state index contributed by atoms with van der Waals surface area (Å²) in [7, 11) is -3.99. The van der Waals surface area contributed by atoms with Crippen LogP contribution in [0.5, 0.6) is 0 Å². The zero-order chi connectivity index (χ0) is 21.8. The number of carbonyl (C=O) groups is 1. The summed E-state index contributed by atoms with van der Waals surface area (Å²) in [5.74, 6) is 0. The van der Waals surface area contributed by atoms with Gasteiger partial charge >= 0.3 is 12.3 Å². The van der Waals surface area contributed by atoms with Crippen LogP contribution in [0.1, 0.15) is 45.0 Å². The number of amides is 1. The van der Waals surface area contributed by atoms with Crippen molar-refractivity contribution in [1.29, 1.82) is 0 Å². The second-order valence-corrected chi connectivity index (χ2v) is 10.5. The van der Waals surface area contributed by atoms with Gasteiger partial charge in [-0.2, -0.15) is 13.2 Å². The molecular weight excluding hydrogens is 411 g/mol. The standard InChI is InChI=1S/C18H24F3N3O4S/c1-11-13(5-6-14(22-11)18(19,20)21)29(26,27)23-12-7-17(8-12)9-24(10-17)15(25)28-16(2,3)4/h5-6,12,23H,7-10H2,1-4H3. The fourth-order valence-corrected chi connectivity index (χ4v) is 5.23. The first-order valence-electron chi connectivity index (χ1n) is 9.15. The lowest BCUT2D eigenvalue weighted by atomic mass is 9.61. The van der Waals surface area contributed by atoms with Crippen LogP contribution in [-0.2, 0) is 20.9 Å². The molecule has 1 amide bonds. The molecule has 1 spiro atoms. The molecule has 2 fully saturated rings. The molecular formula is C18H24F3N3O4S. The zero-order valence-electron chi connectivity index (χ0n) is 16.6. The molecule has 29 heavy (non-hydrogen) atoms. The Bertz CT molecular complexity index is 911. The minimum atomic E-state index is -4.63. The number of sulfonamides is 1. The minimum Gasteiger partial charge on any atom is -0.444 e. The predicted octanol–water partition coefficient (Wildman–Crippen LogP) is 3.09. The maximum absolute atomic E-state index is 12.7. The topological polar surface area (TPSA) is 88.6 Å². The lowest BCUT2D eigenvalue weighted by Crippen LogP contribution is -2.67. The number of halogens is 3. The SMILES string of the molecule is Cc1nc(C(F)(F)F)ccc1S(=O)(=O)NC1CC2(C1)CN(C(=O)OC(C)(C)C)C2. The summed E-state index contributed by atoms with van der Waals surface area (Å²) >= 11 is 0. The van der Waals surface area contributed by atoms with Crippen LogP contribution < -0.4 is 4.72 Å². The molecule has 162 valence electrons. The van der Waals surface area contributed by atoms with Crippen LogP contribution in [0.15, 0.2) is 17.0 Å². The Kier molecular flexibility index (Phi) is 5.14. The van der Waals surface area contributed by atoms with Crippen molar-refractivity contribution in [2.45, 2.75) is 63.3 Å². The highest BCUT2D eigenvalue weighted by molar-refractivity contribution is 7.89. The third kappa shape index (κ3) is 4.66.